The summed E-state index contributed by atoms with van der Waals surface area (Å²) in [6, 6.07) is 16.1. The van der Waals surface area contributed by atoms with Crippen LogP contribution in [-0.4, -0.2) is 6.54 Å². The molecule has 0 heterocycles. The highest BCUT2D eigenvalue weighted by molar-refractivity contribution is 6.31. The molecule has 0 atom stereocenters. The summed E-state index contributed by atoms with van der Waals surface area (Å²) >= 11 is 6.18. The molecule has 1 aliphatic rings. The Balaban J connectivity index is 1.44. The highest BCUT2D eigenvalue weighted by Crippen LogP contribution is 2.20. The van der Waals surface area contributed by atoms with E-state index in [0.717, 1.165) is 29.4 Å². The van der Waals surface area contributed by atoms with Gasteiger partial charge in [-0.05, 0) is 62.4 Å². The number of ether oxygens (including phenoxy) is 1. The molecule has 0 unspecified atom stereocenters. The van der Waals surface area contributed by atoms with E-state index in [9.17, 15) is 0 Å². The molecule has 1 N–H and O–H groups in total. The van der Waals surface area contributed by atoms with Crippen molar-refractivity contribution in [2.75, 3.05) is 6.54 Å². The van der Waals surface area contributed by atoms with Crippen LogP contribution in [0.1, 0.15) is 43.2 Å². The van der Waals surface area contributed by atoms with Gasteiger partial charge in [-0.3, -0.25) is 0 Å². The van der Waals surface area contributed by atoms with Gasteiger partial charge in [-0.25, -0.2) is 0 Å². The molecule has 0 aromatic heterocycles. The van der Waals surface area contributed by atoms with Crippen LogP contribution in [0.5, 0.6) is 5.75 Å². The Kier molecular flexibility index (Phi) is 6.96. The van der Waals surface area contributed by atoms with Gasteiger partial charge in [0.1, 0.15) is 12.4 Å². The Hall–Kier alpha value is -1.77. The highest BCUT2D eigenvalue weighted by atomic mass is 35.5. The molecule has 0 amide bonds. The van der Waals surface area contributed by atoms with Crippen LogP contribution in [0.3, 0.4) is 0 Å². The van der Waals surface area contributed by atoms with Crippen molar-refractivity contribution in [1.29, 1.82) is 0 Å². The molecule has 1 aliphatic carbocycles. The van der Waals surface area contributed by atoms with E-state index >= 15 is 0 Å². The number of nitrogens with one attached hydrogen (secondary N) is 1. The van der Waals surface area contributed by atoms with E-state index in [-0.39, 0.29) is 0 Å². The minimum atomic E-state index is 0.491. The van der Waals surface area contributed by atoms with E-state index in [1.807, 2.05) is 36.4 Å². The summed E-state index contributed by atoms with van der Waals surface area (Å²) in [5.74, 6) is 0.884. The number of benzene rings is 2. The smallest absolute Gasteiger partial charge is 0.120 e. The van der Waals surface area contributed by atoms with Crippen LogP contribution in [0.4, 0.5) is 0 Å². The SMILES string of the molecule is Clc1ccccc1COc1cccc(CNCCC2=CCCCC2)c1. The second-order valence-corrected chi connectivity index (χ2v) is 6.97. The Morgan fingerprint density at radius 3 is 2.80 bits per heavy atom. The van der Waals surface area contributed by atoms with Crippen molar-refractivity contribution in [2.45, 2.75) is 45.3 Å². The quantitative estimate of drug-likeness (QED) is 0.470. The summed E-state index contributed by atoms with van der Waals surface area (Å²) in [7, 11) is 0. The standard InChI is InChI=1S/C22H26ClNO/c23-22-12-5-4-10-20(22)17-25-21-11-6-9-19(15-21)16-24-14-13-18-7-2-1-3-8-18/h4-7,9-12,15,24H,1-3,8,13-14,16-17H2. The van der Waals surface area contributed by atoms with Crippen LogP contribution in [0.15, 0.2) is 60.2 Å². The molecule has 3 rings (SSSR count). The molecule has 0 aliphatic heterocycles. The van der Waals surface area contributed by atoms with Gasteiger partial charge in [0.05, 0.1) is 0 Å². The van der Waals surface area contributed by atoms with Crippen LogP contribution in [0.25, 0.3) is 0 Å². The van der Waals surface area contributed by atoms with Crippen molar-refractivity contribution in [3.63, 3.8) is 0 Å². The van der Waals surface area contributed by atoms with E-state index < -0.39 is 0 Å². The second-order valence-electron chi connectivity index (χ2n) is 6.56. The highest BCUT2D eigenvalue weighted by Gasteiger charge is 2.04. The number of halogens is 1. The van der Waals surface area contributed by atoms with E-state index in [0.29, 0.717) is 6.61 Å². The first-order chi connectivity index (χ1) is 12.3. The molecule has 0 bridgehead atoms. The van der Waals surface area contributed by atoms with E-state index in [2.05, 4.69) is 23.5 Å². The third-order valence-electron chi connectivity index (χ3n) is 4.59. The van der Waals surface area contributed by atoms with Crippen molar-refractivity contribution in [3.05, 3.63) is 76.3 Å². The molecule has 0 saturated heterocycles. The molecule has 2 nitrogen and oxygen atoms in total. The zero-order valence-corrected chi connectivity index (χ0v) is 15.4. The second kappa shape index (κ2) is 9.65. The summed E-state index contributed by atoms with van der Waals surface area (Å²) < 4.78 is 5.89. The third-order valence-corrected chi connectivity index (χ3v) is 4.96. The van der Waals surface area contributed by atoms with Crippen LogP contribution < -0.4 is 10.1 Å². The first-order valence-corrected chi connectivity index (χ1v) is 9.53. The maximum atomic E-state index is 6.18. The number of allylic oxidation sites excluding steroid dienone is 1. The van der Waals surface area contributed by atoms with Gasteiger partial charge in [0, 0.05) is 17.1 Å². The zero-order valence-electron chi connectivity index (χ0n) is 14.6. The lowest BCUT2D eigenvalue weighted by Gasteiger charge is -2.13. The molecule has 0 spiro atoms. The van der Waals surface area contributed by atoms with Gasteiger partial charge in [0.2, 0.25) is 0 Å². The van der Waals surface area contributed by atoms with Gasteiger partial charge in [0.25, 0.3) is 0 Å². The van der Waals surface area contributed by atoms with Crippen molar-refractivity contribution in [1.82, 2.24) is 5.32 Å². The number of hydrogen-bond donors (Lipinski definition) is 1. The predicted molar refractivity (Wildman–Crippen MR) is 105 cm³/mol. The molecule has 3 heteroatoms. The van der Waals surface area contributed by atoms with Gasteiger partial charge >= 0.3 is 0 Å². The van der Waals surface area contributed by atoms with Crippen LogP contribution in [0.2, 0.25) is 5.02 Å². The van der Waals surface area contributed by atoms with Gasteiger partial charge < -0.3 is 10.1 Å². The normalized spacial score (nSPS) is 14.2. The minimum Gasteiger partial charge on any atom is -0.489 e. The van der Waals surface area contributed by atoms with Crippen LogP contribution in [0, 0.1) is 0 Å². The minimum absolute atomic E-state index is 0.491. The summed E-state index contributed by atoms with van der Waals surface area (Å²) in [5.41, 5.74) is 3.87. The maximum Gasteiger partial charge on any atom is 0.120 e. The molecule has 132 valence electrons. The molecular weight excluding hydrogens is 330 g/mol. The van der Waals surface area contributed by atoms with Gasteiger partial charge in [-0.2, -0.15) is 0 Å². The summed E-state index contributed by atoms with van der Waals surface area (Å²) in [6.45, 7) is 2.40. The topological polar surface area (TPSA) is 21.3 Å². The Morgan fingerprint density at radius 2 is 1.96 bits per heavy atom. The number of hydrogen-bond acceptors (Lipinski definition) is 2. The van der Waals surface area contributed by atoms with Gasteiger partial charge in [0.15, 0.2) is 0 Å². The van der Waals surface area contributed by atoms with Crippen LogP contribution >= 0.6 is 11.6 Å². The fourth-order valence-electron chi connectivity index (χ4n) is 3.14. The average molecular weight is 356 g/mol. The molecule has 2 aromatic rings. The monoisotopic (exact) mass is 355 g/mol. The van der Waals surface area contributed by atoms with Crippen LogP contribution in [-0.2, 0) is 13.2 Å². The lowest BCUT2D eigenvalue weighted by molar-refractivity contribution is 0.306. The lowest BCUT2D eigenvalue weighted by Crippen LogP contribution is -2.15. The third kappa shape index (κ3) is 5.91. The van der Waals surface area contributed by atoms with E-state index in [1.165, 1.54) is 37.7 Å². The van der Waals surface area contributed by atoms with Gasteiger partial charge in [-0.15, -0.1) is 0 Å². The maximum absolute atomic E-state index is 6.18. The molecule has 0 radical (unpaired) electrons. The molecule has 25 heavy (non-hydrogen) atoms. The largest absolute Gasteiger partial charge is 0.489 e. The van der Waals surface area contributed by atoms with Crippen molar-refractivity contribution in [3.8, 4) is 5.75 Å². The Labute approximate surface area is 155 Å². The first kappa shape index (κ1) is 18.0. The Morgan fingerprint density at radius 1 is 1.04 bits per heavy atom. The predicted octanol–water partition coefficient (Wildman–Crippen LogP) is 5.90. The summed E-state index contributed by atoms with van der Waals surface area (Å²) in [6.07, 6.45) is 8.86. The van der Waals surface area contributed by atoms with Gasteiger partial charge in [-0.1, -0.05) is 53.6 Å². The van der Waals surface area contributed by atoms with Crippen molar-refractivity contribution in [2.24, 2.45) is 0 Å². The lowest BCUT2D eigenvalue weighted by atomic mass is 9.97. The molecule has 0 saturated carbocycles. The molecule has 2 aromatic carbocycles. The summed E-state index contributed by atoms with van der Waals surface area (Å²) in [5, 5.41) is 4.29. The Bertz CT molecular complexity index is 711. The fourth-order valence-corrected chi connectivity index (χ4v) is 3.33. The number of rotatable bonds is 8. The average Bonchev–Trinajstić information content (AvgIpc) is 2.66. The zero-order chi connectivity index (χ0) is 17.3. The first-order valence-electron chi connectivity index (χ1n) is 9.15. The van der Waals surface area contributed by atoms with E-state index in [4.69, 9.17) is 16.3 Å². The molecule has 0 fully saturated rings. The molecular formula is C22H26ClNO. The van der Waals surface area contributed by atoms with Crippen molar-refractivity contribution < 1.29 is 4.74 Å². The summed E-state index contributed by atoms with van der Waals surface area (Å²) in [4.78, 5) is 0. The van der Waals surface area contributed by atoms with E-state index in [1.54, 1.807) is 5.57 Å². The fraction of sp³-hybridized carbons (Fsp3) is 0.364. The van der Waals surface area contributed by atoms with Crippen molar-refractivity contribution >= 4 is 11.6 Å².